The molecule has 0 aromatic rings. The largest absolute Gasteiger partial charge is 0.378 e. The van der Waals surface area contributed by atoms with Gasteiger partial charge in [-0.3, -0.25) is 0 Å². The second-order valence-electron chi connectivity index (χ2n) is 15.9. The van der Waals surface area contributed by atoms with Gasteiger partial charge in [-0.1, -0.05) is 105 Å². The van der Waals surface area contributed by atoms with Crippen molar-refractivity contribution < 1.29 is 4.74 Å². The highest BCUT2D eigenvalue weighted by Gasteiger charge is 2.73. The molecule has 0 aliphatic rings. The zero-order valence-electron chi connectivity index (χ0n) is 27.1. The molecule has 0 aromatic heterocycles. The standard InChI is InChI=1S/C24H58Cl6N2OSi6/c1-15-17-21(31,19-38(25,26)27)23(34(3,4)5,35(6,7)8)33-24(36(9,10)11,37(12,13)14)22(32,18-16-2)20-39(28,29)30/h15-20,31-32H2,1-14H3. The number of nitrogens with two attached hydrogens (primary N) is 2. The second kappa shape index (κ2) is 13.3. The molecule has 3 nitrogen and oxygen atoms in total. The number of halogens is 6. The van der Waals surface area contributed by atoms with Gasteiger partial charge in [-0.05, 0) is 12.8 Å². The molecule has 0 bridgehead atoms. The first-order chi connectivity index (χ1) is 16.7. The van der Waals surface area contributed by atoms with Gasteiger partial charge in [0, 0.05) is 23.2 Å². The molecule has 0 saturated carbocycles. The van der Waals surface area contributed by atoms with E-state index < -0.39 is 65.1 Å². The van der Waals surface area contributed by atoms with Crippen LogP contribution in [0, 0.1) is 0 Å². The summed E-state index contributed by atoms with van der Waals surface area (Å²) in [5.74, 6) is 0. The van der Waals surface area contributed by atoms with Gasteiger partial charge in [-0.2, -0.15) is 0 Å². The molecule has 0 fully saturated rings. The van der Waals surface area contributed by atoms with Crippen LogP contribution in [0.5, 0.6) is 0 Å². The molecule has 0 aliphatic heterocycles. The molecule has 39 heavy (non-hydrogen) atoms. The molecule has 0 amide bonds. The smallest absolute Gasteiger partial charge is 0.343 e. The molecular formula is C24H58Cl6N2OSi6. The van der Waals surface area contributed by atoms with Crippen molar-refractivity contribution in [3.8, 4) is 0 Å². The van der Waals surface area contributed by atoms with Crippen molar-refractivity contribution in [2.45, 2.75) is 151 Å². The maximum atomic E-state index is 8.30. The van der Waals surface area contributed by atoms with Gasteiger partial charge in [0.1, 0.15) is 0 Å². The van der Waals surface area contributed by atoms with Crippen LogP contribution in [-0.4, -0.2) is 65.1 Å². The average Bonchev–Trinajstić information content (AvgIpc) is 2.53. The first-order valence-electron chi connectivity index (χ1n) is 14.2. The maximum Gasteiger partial charge on any atom is 0.343 e. The molecule has 0 saturated heterocycles. The van der Waals surface area contributed by atoms with E-state index in [1.807, 2.05) is 0 Å². The normalized spacial score (nSPS) is 18.6. The number of rotatable bonds is 16. The van der Waals surface area contributed by atoms with Crippen molar-refractivity contribution in [1.29, 1.82) is 0 Å². The van der Waals surface area contributed by atoms with Gasteiger partial charge in [-0.25, -0.2) is 0 Å². The summed E-state index contributed by atoms with van der Waals surface area (Å²) in [6.07, 6.45) is 3.14. The summed E-state index contributed by atoms with van der Waals surface area (Å²) >= 11 is 40.5. The summed E-state index contributed by atoms with van der Waals surface area (Å²) in [4.78, 5) is -1.35. The summed E-state index contributed by atoms with van der Waals surface area (Å²) in [6.45, 7) is 32.9. The van der Waals surface area contributed by atoms with E-state index in [1.54, 1.807) is 0 Å². The van der Waals surface area contributed by atoms with Crippen LogP contribution in [0.2, 0.25) is 90.7 Å². The van der Waals surface area contributed by atoms with Crippen molar-refractivity contribution in [3.63, 3.8) is 0 Å². The zero-order valence-corrected chi connectivity index (χ0v) is 37.6. The maximum absolute atomic E-state index is 8.30. The van der Waals surface area contributed by atoms with Crippen LogP contribution in [-0.2, 0) is 4.74 Å². The van der Waals surface area contributed by atoms with Crippen molar-refractivity contribution in [1.82, 2.24) is 0 Å². The lowest BCUT2D eigenvalue weighted by molar-refractivity contribution is -0.0732. The first-order valence-corrected chi connectivity index (χ1v) is 38.6. The molecule has 0 aromatic carbocycles. The van der Waals surface area contributed by atoms with Crippen molar-refractivity contribution in [3.05, 3.63) is 0 Å². The SMILES string of the molecule is CCCC(N)(C[Si](Cl)(Cl)Cl)C(OC(C(N)(CCC)C[Si](Cl)(Cl)Cl)([Si](C)(C)C)[Si](C)(C)C)([Si](C)(C)C)[Si](C)(C)C. The Morgan fingerprint density at radius 3 is 0.821 bits per heavy atom. The molecule has 236 valence electrons. The van der Waals surface area contributed by atoms with Crippen LogP contribution in [0.1, 0.15) is 39.5 Å². The van der Waals surface area contributed by atoms with Crippen LogP contribution in [0.25, 0.3) is 0 Å². The highest BCUT2D eigenvalue weighted by molar-refractivity contribution is 7.65. The lowest BCUT2D eigenvalue weighted by Gasteiger charge is -2.70. The quantitative estimate of drug-likeness (QED) is 0.121. The van der Waals surface area contributed by atoms with Gasteiger partial charge >= 0.3 is 12.0 Å². The van der Waals surface area contributed by atoms with Crippen LogP contribution >= 0.6 is 66.5 Å². The van der Waals surface area contributed by atoms with Crippen LogP contribution in [0.3, 0.4) is 0 Å². The molecule has 0 aliphatic carbocycles. The summed E-state index contributed by atoms with van der Waals surface area (Å²) in [5, 5.41) is 0. The Kier molecular flexibility index (Phi) is 14.3. The molecule has 0 spiro atoms. The second-order valence-corrected chi connectivity index (χ2v) is 55.9. The number of ether oxygens (including phenoxy) is 1. The average molecular weight is 772 g/mol. The fourth-order valence-electron chi connectivity index (χ4n) is 8.67. The number of hydrogen-bond donors (Lipinski definition) is 2. The van der Waals surface area contributed by atoms with Crippen LogP contribution in [0.15, 0.2) is 0 Å². The van der Waals surface area contributed by atoms with Crippen LogP contribution in [0.4, 0.5) is 0 Å². The Labute approximate surface area is 275 Å². The molecule has 0 radical (unpaired) electrons. The summed E-state index contributed by atoms with van der Waals surface area (Å²) < 4.78 is 8.30. The predicted octanol–water partition coefficient (Wildman–Crippen LogP) is 10.3. The first kappa shape index (κ1) is 41.9. The van der Waals surface area contributed by atoms with Crippen LogP contribution < -0.4 is 11.5 Å². The number of hydrogen-bond acceptors (Lipinski definition) is 3. The van der Waals surface area contributed by atoms with E-state index in [0.29, 0.717) is 24.9 Å². The predicted molar refractivity (Wildman–Crippen MR) is 200 cm³/mol. The molecule has 2 unspecified atom stereocenters. The summed E-state index contributed by atoms with van der Waals surface area (Å²) in [5.41, 5.74) is 13.8. The monoisotopic (exact) mass is 768 g/mol. The Morgan fingerprint density at radius 2 is 0.692 bits per heavy atom. The van der Waals surface area contributed by atoms with Crippen molar-refractivity contribution in [2.24, 2.45) is 11.5 Å². The summed E-state index contributed by atoms with van der Waals surface area (Å²) in [7, 11) is -9.24. The van der Waals surface area contributed by atoms with E-state index in [9.17, 15) is 0 Å². The Bertz CT molecular complexity index is 721. The third-order valence-corrected chi connectivity index (χ3v) is 32.7. The van der Waals surface area contributed by atoms with Crippen molar-refractivity contribution in [2.75, 3.05) is 0 Å². The van der Waals surface area contributed by atoms with E-state index in [-0.39, 0.29) is 0 Å². The van der Waals surface area contributed by atoms with E-state index in [0.717, 1.165) is 12.8 Å². The van der Waals surface area contributed by atoms with E-state index in [4.69, 9.17) is 82.7 Å². The zero-order chi connectivity index (χ0) is 31.9. The molecular weight excluding hydrogens is 714 g/mol. The highest BCUT2D eigenvalue weighted by Crippen LogP contribution is 2.57. The Balaban J connectivity index is 8.48. The molecule has 15 heteroatoms. The topological polar surface area (TPSA) is 61.3 Å². The highest BCUT2D eigenvalue weighted by atomic mass is 35.8. The van der Waals surface area contributed by atoms with Gasteiger partial charge in [0.25, 0.3) is 0 Å². The van der Waals surface area contributed by atoms with Gasteiger partial charge < -0.3 is 16.2 Å². The summed E-state index contributed by atoms with van der Waals surface area (Å²) in [6, 6.07) is -5.67. The Hall–Kier alpha value is 2.92. The van der Waals surface area contributed by atoms with Crippen molar-refractivity contribution >= 4 is 111 Å². The van der Waals surface area contributed by atoms with E-state index in [1.165, 1.54) is 0 Å². The van der Waals surface area contributed by atoms with Gasteiger partial charge in [0.15, 0.2) is 0 Å². The lowest BCUT2D eigenvalue weighted by atomic mass is 9.95. The fourth-order valence-corrected chi connectivity index (χ4v) is 43.0. The van der Waals surface area contributed by atoms with Gasteiger partial charge in [0.2, 0.25) is 0 Å². The van der Waals surface area contributed by atoms with Gasteiger partial charge in [0.05, 0.1) is 42.0 Å². The molecule has 2 atom stereocenters. The minimum Gasteiger partial charge on any atom is -0.378 e. The molecule has 4 N–H and O–H groups in total. The third kappa shape index (κ3) is 9.02. The fraction of sp³-hybridized carbons (Fsp3) is 1.00. The minimum absolute atomic E-state index is 0.338. The van der Waals surface area contributed by atoms with Gasteiger partial charge in [-0.15, -0.1) is 66.5 Å². The Morgan fingerprint density at radius 1 is 0.487 bits per heavy atom. The van der Waals surface area contributed by atoms with E-state index >= 15 is 0 Å². The minimum atomic E-state index is -3.17. The van der Waals surface area contributed by atoms with E-state index in [2.05, 4.69) is 92.4 Å². The lowest BCUT2D eigenvalue weighted by Crippen LogP contribution is -2.90. The molecule has 0 heterocycles. The molecule has 0 rings (SSSR count). The third-order valence-electron chi connectivity index (χ3n) is 8.36.